The van der Waals surface area contributed by atoms with Crippen molar-refractivity contribution in [2.75, 3.05) is 0 Å². The second-order valence-corrected chi connectivity index (χ2v) is 18.9. The largest absolute Gasteiger partial charge is 0.455 e. The van der Waals surface area contributed by atoms with Gasteiger partial charge in [0.25, 0.3) is 0 Å². The summed E-state index contributed by atoms with van der Waals surface area (Å²) in [4.78, 5) is 0. The summed E-state index contributed by atoms with van der Waals surface area (Å²) >= 11 is 1.89. The Kier molecular flexibility index (Phi) is 7.44. The molecule has 0 fully saturated rings. The molecule has 0 amide bonds. The number of rotatable bonds is 3. The summed E-state index contributed by atoms with van der Waals surface area (Å²) in [6.07, 6.45) is 0. The van der Waals surface area contributed by atoms with E-state index in [0.717, 1.165) is 21.9 Å². The van der Waals surface area contributed by atoms with Gasteiger partial charge in [-0.3, -0.25) is 0 Å². The zero-order chi connectivity index (χ0) is 43.0. The van der Waals surface area contributed by atoms with Crippen LogP contribution in [-0.2, 0) is 0 Å². The number of hydrogen-bond acceptors (Lipinski definition) is 2. The second kappa shape index (κ2) is 13.6. The predicted molar refractivity (Wildman–Crippen MR) is 285 cm³/mol. The van der Waals surface area contributed by atoms with Crippen molar-refractivity contribution in [3.63, 3.8) is 0 Å². The van der Waals surface area contributed by atoms with Crippen LogP contribution in [0.3, 0.4) is 0 Å². The van der Waals surface area contributed by atoms with Crippen molar-refractivity contribution in [2.45, 2.75) is 0 Å². The van der Waals surface area contributed by atoms with Crippen LogP contribution in [-0.4, -0.2) is 0 Å². The lowest BCUT2D eigenvalue weighted by molar-refractivity contribution is 0.677. The molecule has 13 aromatic carbocycles. The lowest BCUT2D eigenvalue weighted by Gasteiger charge is -2.18. The van der Waals surface area contributed by atoms with Gasteiger partial charge >= 0.3 is 0 Å². The van der Waals surface area contributed by atoms with Crippen molar-refractivity contribution < 1.29 is 4.42 Å². The zero-order valence-corrected chi connectivity index (χ0v) is 36.4. The maximum atomic E-state index is 7.10. The van der Waals surface area contributed by atoms with E-state index in [2.05, 4.69) is 218 Å². The van der Waals surface area contributed by atoms with E-state index in [4.69, 9.17) is 4.42 Å². The minimum Gasteiger partial charge on any atom is -0.455 e. The molecule has 0 spiro atoms. The van der Waals surface area contributed by atoms with Crippen LogP contribution < -0.4 is 0 Å². The van der Waals surface area contributed by atoms with Gasteiger partial charge in [0.15, 0.2) is 0 Å². The molecule has 0 aliphatic heterocycles. The number of hydrogen-bond donors (Lipinski definition) is 0. The van der Waals surface area contributed by atoms with Gasteiger partial charge in [0, 0.05) is 41.7 Å². The van der Waals surface area contributed by atoms with Crippen molar-refractivity contribution in [3.05, 3.63) is 218 Å². The summed E-state index contributed by atoms with van der Waals surface area (Å²) in [7, 11) is 0. The van der Waals surface area contributed by atoms with Gasteiger partial charge < -0.3 is 4.42 Å². The van der Waals surface area contributed by atoms with Crippen molar-refractivity contribution in [1.29, 1.82) is 0 Å². The van der Waals surface area contributed by atoms with Crippen LogP contribution in [0.25, 0.3) is 151 Å². The van der Waals surface area contributed by atoms with Crippen molar-refractivity contribution in [3.8, 4) is 33.4 Å². The van der Waals surface area contributed by atoms with Crippen molar-refractivity contribution >= 4 is 129 Å². The van der Waals surface area contributed by atoms with E-state index < -0.39 is 0 Å². The monoisotopic (exact) mass is 852 g/mol. The smallest absolute Gasteiger partial charge is 0.143 e. The van der Waals surface area contributed by atoms with Crippen LogP contribution in [0.5, 0.6) is 0 Å². The first kappa shape index (κ1) is 36.1. The van der Waals surface area contributed by atoms with Crippen LogP contribution in [0.15, 0.2) is 223 Å². The molecule has 15 rings (SSSR count). The van der Waals surface area contributed by atoms with Gasteiger partial charge in [0.1, 0.15) is 11.2 Å². The maximum Gasteiger partial charge on any atom is 0.143 e. The minimum absolute atomic E-state index is 0.949. The van der Waals surface area contributed by atoms with Crippen molar-refractivity contribution in [1.82, 2.24) is 0 Å². The predicted octanol–water partition coefficient (Wildman–Crippen LogP) is 19.0. The standard InChI is InChI=1S/C64H36OS/c1-2-15-38-34-40(29-28-37(38)14-1)58-48-21-8-10-23-50(48)59(51-24-11-9-22-49(51)58)41-31-33-57-56(36-41)54-27-13-26-42(64(54)66-57)39-30-32-53-55(35-39)45-18-4-7-20-47(45)61-60-46-19-6-3-16-43(46)44-17-5-12-25-52(44)62(60)65-63(53)61/h1-36H. The van der Waals surface area contributed by atoms with E-state index in [1.165, 1.54) is 129 Å². The zero-order valence-electron chi connectivity index (χ0n) is 35.6. The molecule has 2 heteroatoms. The molecule has 2 aromatic heterocycles. The highest BCUT2D eigenvalue weighted by Gasteiger charge is 2.22. The minimum atomic E-state index is 0.949. The summed E-state index contributed by atoms with van der Waals surface area (Å²) in [6.45, 7) is 0. The first-order valence-corrected chi connectivity index (χ1v) is 23.6. The van der Waals surface area contributed by atoms with E-state index in [1.54, 1.807) is 0 Å². The normalized spacial score (nSPS) is 12.2. The molecule has 0 bridgehead atoms. The Morgan fingerprint density at radius 1 is 0.273 bits per heavy atom. The molecular formula is C64H36OS. The van der Waals surface area contributed by atoms with Gasteiger partial charge in [0.05, 0.1) is 0 Å². The Labute approximate surface area is 383 Å². The molecule has 0 atom stereocenters. The molecule has 0 saturated heterocycles. The molecule has 2 heterocycles. The molecule has 0 saturated carbocycles. The molecule has 0 N–H and O–H groups in total. The van der Waals surface area contributed by atoms with E-state index >= 15 is 0 Å². The van der Waals surface area contributed by atoms with Gasteiger partial charge in [0.2, 0.25) is 0 Å². The summed E-state index contributed by atoms with van der Waals surface area (Å²) in [5.41, 5.74) is 9.40. The van der Waals surface area contributed by atoms with E-state index in [1.807, 2.05) is 11.3 Å². The van der Waals surface area contributed by atoms with Crippen LogP contribution in [0.1, 0.15) is 0 Å². The van der Waals surface area contributed by atoms with Gasteiger partial charge in [-0.25, -0.2) is 0 Å². The Morgan fingerprint density at radius 2 is 0.727 bits per heavy atom. The lowest BCUT2D eigenvalue weighted by atomic mass is 9.85. The highest BCUT2D eigenvalue weighted by atomic mass is 32.1. The fraction of sp³-hybridized carbons (Fsp3) is 0. The SMILES string of the molecule is c1ccc2cc(-c3c4ccccc4c(-c4ccc5sc6c(-c7ccc8c(c7)c7ccccc7c7c8oc8c9ccccc9c9ccccc9c87)cccc6c5c4)c4ccccc34)ccc2c1. The topological polar surface area (TPSA) is 13.1 Å². The Morgan fingerprint density at radius 3 is 1.38 bits per heavy atom. The Balaban J connectivity index is 0.931. The van der Waals surface area contributed by atoms with E-state index in [-0.39, 0.29) is 0 Å². The van der Waals surface area contributed by atoms with Crippen LogP contribution in [0.4, 0.5) is 0 Å². The fourth-order valence-corrected chi connectivity index (χ4v) is 12.7. The molecule has 0 unspecified atom stereocenters. The molecule has 0 radical (unpaired) electrons. The third-order valence-electron chi connectivity index (χ3n) is 14.4. The van der Waals surface area contributed by atoms with E-state index in [9.17, 15) is 0 Å². The van der Waals surface area contributed by atoms with Crippen molar-refractivity contribution in [2.24, 2.45) is 0 Å². The van der Waals surface area contributed by atoms with Gasteiger partial charge in [-0.05, 0) is 128 Å². The van der Waals surface area contributed by atoms with Crippen LogP contribution in [0.2, 0.25) is 0 Å². The molecular weight excluding hydrogens is 817 g/mol. The number of benzene rings is 13. The summed E-state index contributed by atoms with van der Waals surface area (Å²) in [5, 5.41) is 22.2. The molecule has 0 aliphatic rings. The number of thiophene rings is 1. The highest BCUT2D eigenvalue weighted by molar-refractivity contribution is 7.26. The van der Waals surface area contributed by atoms with Crippen LogP contribution >= 0.6 is 11.3 Å². The summed E-state index contributed by atoms with van der Waals surface area (Å²) < 4.78 is 9.69. The molecule has 15 aromatic rings. The quantitative estimate of drug-likeness (QED) is 0.127. The summed E-state index contributed by atoms with van der Waals surface area (Å²) in [6, 6.07) is 80.8. The molecule has 304 valence electrons. The lowest BCUT2D eigenvalue weighted by Crippen LogP contribution is -1.91. The highest BCUT2D eigenvalue weighted by Crippen LogP contribution is 2.49. The fourth-order valence-electron chi connectivity index (χ4n) is 11.5. The average molecular weight is 853 g/mol. The first-order chi connectivity index (χ1) is 32.7. The van der Waals surface area contributed by atoms with Crippen LogP contribution in [0, 0.1) is 0 Å². The Bertz CT molecular complexity index is 4530. The number of furan rings is 1. The molecule has 0 aliphatic carbocycles. The van der Waals surface area contributed by atoms with Gasteiger partial charge in [-0.1, -0.05) is 188 Å². The van der Waals surface area contributed by atoms with E-state index in [0.29, 0.717) is 0 Å². The maximum absolute atomic E-state index is 7.10. The first-order valence-electron chi connectivity index (χ1n) is 22.7. The third kappa shape index (κ3) is 4.99. The summed E-state index contributed by atoms with van der Waals surface area (Å²) in [5.74, 6) is 0. The van der Waals surface area contributed by atoms with Gasteiger partial charge in [-0.2, -0.15) is 0 Å². The number of fused-ring (bicyclic) bond motifs is 19. The second-order valence-electron chi connectivity index (χ2n) is 17.8. The Hall–Kier alpha value is -8.30. The molecule has 66 heavy (non-hydrogen) atoms. The average Bonchev–Trinajstić information content (AvgIpc) is 3.98. The third-order valence-corrected chi connectivity index (χ3v) is 15.6. The molecule has 1 nitrogen and oxygen atoms in total. The van der Waals surface area contributed by atoms with Gasteiger partial charge in [-0.15, -0.1) is 11.3 Å².